The van der Waals surface area contributed by atoms with E-state index in [1.54, 1.807) is 20.8 Å². The fraction of sp³-hybridized carbons (Fsp3) is 0.846. The number of hydrogen-bond acceptors (Lipinski definition) is 4. The first kappa shape index (κ1) is 19.5. The number of amides is 1. The molecule has 21 heavy (non-hydrogen) atoms. The number of halogens is 3. The molecule has 0 aliphatic carbocycles. The fourth-order valence-electron chi connectivity index (χ4n) is 1.39. The number of rotatable bonds is 5. The lowest BCUT2D eigenvalue weighted by Gasteiger charge is -2.25. The summed E-state index contributed by atoms with van der Waals surface area (Å²) < 4.78 is 47.3. The van der Waals surface area contributed by atoms with Crippen molar-refractivity contribution in [3.63, 3.8) is 0 Å². The van der Waals surface area contributed by atoms with Gasteiger partial charge in [-0.25, -0.2) is 9.59 Å². The summed E-state index contributed by atoms with van der Waals surface area (Å²) in [6.07, 6.45) is -6.03. The topological polar surface area (TPSA) is 64.6 Å². The van der Waals surface area contributed by atoms with E-state index in [-0.39, 0.29) is 6.61 Å². The molecular formula is C13H22F3NO4. The number of nitrogens with one attached hydrogen (secondary N) is 1. The van der Waals surface area contributed by atoms with Crippen LogP contribution in [-0.2, 0) is 14.3 Å². The highest BCUT2D eigenvalue weighted by Gasteiger charge is 2.39. The molecule has 1 N–H and O–H groups in total. The van der Waals surface area contributed by atoms with Gasteiger partial charge < -0.3 is 14.8 Å². The highest BCUT2D eigenvalue weighted by Crippen LogP contribution is 2.29. The zero-order chi connectivity index (χ0) is 16.8. The van der Waals surface area contributed by atoms with E-state index in [1.807, 2.05) is 0 Å². The third-order valence-corrected chi connectivity index (χ3v) is 2.41. The third kappa shape index (κ3) is 8.41. The minimum Gasteiger partial charge on any atom is -0.464 e. The highest BCUT2D eigenvalue weighted by atomic mass is 19.4. The third-order valence-electron chi connectivity index (χ3n) is 2.41. The molecule has 124 valence electrons. The molecule has 0 rings (SSSR count). The van der Waals surface area contributed by atoms with Crippen LogP contribution in [0.2, 0.25) is 0 Å². The summed E-state index contributed by atoms with van der Waals surface area (Å²) in [5, 5.41) is 2.13. The van der Waals surface area contributed by atoms with Crippen LogP contribution in [0.4, 0.5) is 18.0 Å². The molecule has 0 aromatic rings. The van der Waals surface area contributed by atoms with Crippen LogP contribution in [0.1, 0.15) is 41.0 Å². The van der Waals surface area contributed by atoms with Gasteiger partial charge in [0.2, 0.25) is 0 Å². The molecule has 0 aliphatic heterocycles. The maximum atomic E-state index is 12.6. The maximum Gasteiger partial charge on any atom is 0.408 e. The van der Waals surface area contributed by atoms with Crippen LogP contribution in [0, 0.1) is 5.92 Å². The van der Waals surface area contributed by atoms with Gasteiger partial charge in [-0.2, -0.15) is 13.2 Å². The van der Waals surface area contributed by atoms with E-state index >= 15 is 0 Å². The summed E-state index contributed by atoms with van der Waals surface area (Å²) in [6, 6.07) is -1.41. The first-order chi connectivity index (χ1) is 9.36. The van der Waals surface area contributed by atoms with Crippen molar-refractivity contribution in [1.82, 2.24) is 5.32 Å². The molecule has 2 atom stereocenters. The molecule has 0 heterocycles. The van der Waals surface area contributed by atoms with E-state index < -0.39 is 42.2 Å². The van der Waals surface area contributed by atoms with E-state index in [1.165, 1.54) is 6.92 Å². The molecule has 0 saturated carbocycles. The standard InChI is InChI=1S/C13H22F3NO4/c1-6-20-10(18)9(7-8(2)13(14,15)16)17-11(19)21-12(3,4)5/h8-9H,6-7H2,1-5H3,(H,17,19)/t8?,9-/m0/s1. The zero-order valence-corrected chi connectivity index (χ0v) is 12.8. The monoisotopic (exact) mass is 313 g/mol. The predicted molar refractivity (Wildman–Crippen MR) is 69.6 cm³/mol. The molecule has 0 aromatic carbocycles. The molecule has 0 aliphatic rings. The van der Waals surface area contributed by atoms with Crippen molar-refractivity contribution in [3.05, 3.63) is 0 Å². The Morgan fingerprint density at radius 2 is 1.71 bits per heavy atom. The Morgan fingerprint density at radius 3 is 2.10 bits per heavy atom. The Kier molecular flexibility index (Phi) is 6.99. The number of alkyl carbamates (subject to hydrolysis) is 1. The molecule has 0 radical (unpaired) electrons. The first-order valence-electron chi connectivity index (χ1n) is 6.59. The van der Waals surface area contributed by atoms with Crippen molar-refractivity contribution < 1.29 is 32.2 Å². The average molecular weight is 313 g/mol. The SMILES string of the molecule is CCOC(=O)[C@H](CC(C)C(F)(F)F)NC(=O)OC(C)(C)C. The highest BCUT2D eigenvalue weighted by molar-refractivity contribution is 5.81. The van der Waals surface area contributed by atoms with Crippen LogP contribution in [0.5, 0.6) is 0 Å². The van der Waals surface area contributed by atoms with Crippen molar-refractivity contribution in [2.24, 2.45) is 5.92 Å². The molecule has 1 unspecified atom stereocenters. The molecule has 0 fully saturated rings. The van der Waals surface area contributed by atoms with Gasteiger partial charge in [0.25, 0.3) is 0 Å². The largest absolute Gasteiger partial charge is 0.464 e. The lowest BCUT2D eigenvalue weighted by Crippen LogP contribution is -2.46. The van der Waals surface area contributed by atoms with E-state index in [2.05, 4.69) is 10.1 Å². The number of carbonyl (C=O) groups excluding carboxylic acids is 2. The van der Waals surface area contributed by atoms with Gasteiger partial charge in [0, 0.05) is 0 Å². The van der Waals surface area contributed by atoms with Gasteiger partial charge in [-0.15, -0.1) is 0 Å². The van der Waals surface area contributed by atoms with Crippen LogP contribution in [0.3, 0.4) is 0 Å². The van der Waals surface area contributed by atoms with Crippen molar-refractivity contribution in [3.8, 4) is 0 Å². The zero-order valence-electron chi connectivity index (χ0n) is 12.8. The van der Waals surface area contributed by atoms with E-state index in [9.17, 15) is 22.8 Å². The van der Waals surface area contributed by atoms with E-state index in [0.717, 1.165) is 6.92 Å². The molecule has 0 spiro atoms. The summed E-state index contributed by atoms with van der Waals surface area (Å²) in [6.45, 7) is 7.27. The van der Waals surface area contributed by atoms with Crippen LogP contribution < -0.4 is 5.32 Å². The summed E-state index contributed by atoms with van der Waals surface area (Å²) >= 11 is 0. The van der Waals surface area contributed by atoms with Gasteiger partial charge >= 0.3 is 18.2 Å². The number of esters is 1. The van der Waals surface area contributed by atoms with Crippen molar-refractivity contribution in [2.45, 2.75) is 58.9 Å². The summed E-state index contributed by atoms with van der Waals surface area (Å²) in [5.41, 5.74) is -0.820. The molecular weight excluding hydrogens is 291 g/mol. The molecule has 0 saturated heterocycles. The molecule has 0 bridgehead atoms. The molecule has 8 heteroatoms. The van der Waals surface area contributed by atoms with Gasteiger partial charge in [-0.3, -0.25) is 0 Å². The second-order valence-corrected chi connectivity index (χ2v) is 5.63. The van der Waals surface area contributed by atoms with Crippen LogP contribution in [-0.4, -0.2) is 36.5 Å². The van der Waals surface area contributed by atoms with Gasteiger partial charge in [0.05, 0.1) is 12.5 Å². The average Bonchev–Trinajstić information content (AvgIpc) is 2.24. The first-order valence-corrected chi connectivity index (χ1v) is 6.59. The van der Waals surface area contributed by atoms with Crippen LogP contribution in [0.25, 0.3) is 0 Å². The number of ether oxygens (including phenoxy) is 2. The van der Waals surface area contributed by atoms with Gasteiger partial charge in [0.15, 0.2) is 0 Å². The van der Waals surface area contributed by atoms with Crippen LogP contribution >= 0.6 is 0 Å². The molecule has 1 amide bonds. The van der Waals surface area contributed by atoms with Gasteiger partial charge in [-0.05, 0) is 34.1 Å². The van der Waals surface area contributed by atoms with E-state index in [0.29, 0.717) is 0 Å². The Bertz CT molecular complexity index is 363. The van der Waals surface area contributed by atoms with E-state index in [4.69, 9.17) is 4.74 Å². The second kappa shape index (κ2) is 7.51. The lowest BCUT2D eigenvalue weighted by molar-refractivity contribution is -0.175. The number of hydrogen-bond donors (Lipinski definition) is 1. The van der Waals surface area contributed by atoms with Gasteiger partial charge in [0.1, 0.15) is 11.6 Å². The number of carbonyl (C=O) groups is 2. The van der Waals surface area contributed by atoms with Gasteiger partial charge in [-0.1, -0.05) is 6.92 Å². The number of alkyl halides is 3. The van der Waals surface area contributed by atoms with Crippen molar-refractivity contribution in [1.29, 1.82) is 0 Å². The second-order valence-electron chi connectivity index (χ2n) is 5.63. The smallest absolute Gasteiger partial charge is 0.408 e. The minimum absolute atomic E-state index is 0.00569. The molecule has 0 aromatic heterocycles. The predicted octanol–water partition coefficient (Wildman–Crippen LogP) is 3.03. The lowest BCUT2D eigenvalue weighted by atomic mass is 10.0. The Hall–Kier alpha value is -1.47. The quantitative estimate of drug-likeness (QED) is 0.792. The molecule has 5 nitrogen and oxygen atoms in total. The maximum absolute atomic E-state index is 12.6. The Balaban J connectivity index is 4.83. The Morgan fingerprint density at radius 1 is 1.19 bits per heavy atom. The summed E-state index contributed by atoms with van der Waals surface area (Å²) in [4.78, 5) is 23.2. The fourth-order valence-corrected chi connectivity index (χ4v) is 1.39. The van der Waals surface area contributed by atoms with Crippen molar-refractivity contribution >= 4 is 12.1 Å². The normalized spacial score (nSPS) is 15.0. The van der Waals surface area contributed by atoms with Crippen LogP contribution in [0.15, 0.2) is 0 Å². The summed E-state index contributed by atoms with van der Waals surface area (Å²) in [5.74, 6) is -2.68. The minimum atomic E-state index is -4.46. The summed E-state index contributed by atoms with van der Waals surface area (Å²) in [7, 11) is 0. The van der Waals surface area contributed by atoms with Crippen molar-refractivity contribution in [2.75, 3.05) is 6.61 Å². The Labute approximate surface area is 122 Å².